The molecule has 3 aromatic rings. The fourth-order valence-electron chi connectivity index (χ4n) is 5.06. The number of carbonyl (C=O) groups excluding carboxylic acids is 1. The first kappa shape index (κ1) is 28.6. The number of nitrogens with one attached hydrogen (secondary N) is 2. The maximum atomic E-state index is 13.4. The molecular weight excluding hydrogens is 561 g/mol. The molecule has 1 amide bonds. The topological polar surface area (TPSA) is 118 Å². The van der Waals surface area contributed by atoms with Crippen LogP contribution in [0.25, 0.3) is 0 Å². The van der Waals surface area contributed by atoms with Gasteiger partial charge in [0.15, 0.2) is 0 Å². The van der Waals surface area contributed by atoms with Crippen molar-refractivity contribution in [2.45, 2.75) is 62.0 Å². The fraction of sp³-hybridized carbons (Fsp3) is 0.370. The van der Waals surface area contributed by atoms with Crippen LogP contribution in [-0.4, -0.2) is 52.3 Å². The Bertz CT molecular complexity index is 1600. The van der Waals surface area contributed by atoms with Crippen LogP contribution >= 0.6 is 0 Å². The second kappa shape index (κ2) is 10.5. The lowest BCUT2D eigenvalue weighted by Gasteiger charge is -2.37. The highest BCUT2D eigenvalue weighted by atomic mass is 32.2. The summed E-state index contributed by atoms with van der Waals surface area (Å²) in [6.07, 6.45) is -0.412. The standard InChI is InChI=1S/C27H29F3N6O4S/c1-26(2)14-23(21-8-7-17(15-31-3)11-24(21)40-26)35-16-19(33-34-35)13-22-25(37)32-9-10-36(22)41(38,39)20-6-4-5-18(12-20)27(28,29)30/h4-12,16,22-23,31H,13-15H2,1-3H3,(H,32,37). The minimum atomic E-state index is -4.73. The Morgan fingerprint density at radius 2 is 1.98 bits per heavy atom. The van der Waals surface area contributed by atoms with Crippen molar-refractivity contribution >= 4 is 15.9 Å². The van der Waals surface area contributed by atoms with E-state index in [9.17, 15) is 26.4 Å². The van der Waals surface area contributed by atoms with E-state index >= 15 is 0 Å². The van der Waals surface area contributed by atoms with E-state index in [2.05, 4.69) is 20.9 Å². The van der Waals surface area contributed by atoms with Crippen LogP contribution < -0.4 is 15.4 Å². The SMILES string of the molecule is CNCc1ccc2c(c1)OC(C)(C)CC2n1cc(CC2C(=O)NC=CN2S(=O)(=O)c2cccc(C(F)(F)F)c2)nn1. The van der Waals surface area contributed by atoms with Gasteiger partial charge in [-0.1, -0.05) is 23.4 Å². The zero-order chi connectivity index (χ0) is 29.6. The predicted octanol–water partition coefficient (Wildman–Crippen LogP) is 3.37. The maximum Gasteiger partial charge on any atom is 0.416 e. The number of nitrogens with zero attached hydrogens (tertiary/aromatic N) is 4. The highest BCUT2D eigenvalue weighted by Crippen LogP contribution is 2.42. The van der Waals surface area contributed by atoms with E-state index in [4.69, 9.17) is 4.74 Å². The first-order valence-electron chi connectivity index (χ1n) is 12.8. The van der Waals surface area contributed by atoms with E-state index in [1.807, 2.05) is 39.1 Å². The number of ether oxygens (including phenoxy) is 1. The lowest BCUT2D eigenvalue weighted by molar-refractivity contribution is -0.137. The molecule has 218 valence electrons. The lowest BCUT2D eigenvalue weighted by Crippen LogP contribution is -2.50. The van der Waals surface area contributed by atoms with Gasteiger partial charge in [0.1, 0.15) is 17.4 Å². The molecule has 0 saturated heterocycles. The minimum Gasteiger partial charge on any atom is -0.487 e. The number of sulfonamides is 1. The average Bonchev–Trinajstić information content (AvgIpc) is 3.37. The smallest absolute Gasteiger partial charge is 0.416 e. The van der Waals surface area contributed by atoms with Gasteiger partial charge in [0.05, 0.1) is 22.2 Å². The molecule has 0 saturated carbocycles. The van der Waals surface area contributed by atoms with E-state index in [-0.39, 0.29) is 12.5 Å². The lowest BCUT2D eigenvalue weighted by atomic mass is 9.89. The summed E-state index contributed by atoms with van der Waals surface area (Å²) < 4.78 is 75.3. The van der Waals surface area contributed by atoms with E-state index < -0.39 is 44.2 Å². The quantitative estimate of drug-likeness (QED) is 0.433. The molecule has 0 radical (unpaired) electrons. The van der Waals surface area contributed by atoms with Gasteiger partial charge in [-0.05, 0) is 50.7 Å². The van der Waals surface area contributed by atoms with E-state index in [0.29, 0.717) is 24.7 Å². The molecule has 14 heteroatoms. The maximum absolute atomic E-state index is 13.4. The molecule has 0 aliphatic carbocycles. The van der Waals surface area contributed by atoms with Crippen LogP contribution in [0.5, 0.6) is 5.75 Å². The van der Waals surface area contributed by atoms with Crippen molar-refractivity contribution in [1.82, 2.24) is 29.9 Å². The Morgan fingerprint density at radius 1 is 1.20 bits per heavy atom. The molecule has 3 heterocycles. The second-order valence-electron chi connectivity index (χ2n) is 10.6. The van der Waals surface area contributed by atoms with Crippen LogP contribution in [-0.2, 0) is 34.0 Å². The van der Waals surface area contributed by atoms with Crippen LogP contribution in [0.15, 0.2) is 66.0 Å². The Morgan fingerprint density at radius 3 is 2.71 bits per heavy atom. The Kier molecular flexibility index (Phi) is 7.32. The largest absolute Gasteiger partial charge is 0.487 e. The molecule has 10 nitrogen and oxygen atoms in total. The second-order valence-corrected chi connectivity index (χ2v) is 12.4. The Balaban J connectivity index is 1.43. The monoisotopic (exact) mass is 590 g/mol. The van der Waals surface area contributed by atoms with Gasteiger partial charge in [0.2, 0.25) is 5.91 Å². The normalized spacial score (nSPS) is 20.3. The number of amides is 1. The van der Waals surface area contributed by atoms with Gasteiger partial charge in [-0.25, -0.2) is 13.1 Å². The van der Waals surface area contributed by atoms with Crippen molar-refractivity contribution in [1.29, 1.82) is 0 Å². The van der Waals surface area contributed by atoms with E-state index in [0.717, 1.165) is 51.8 Å². The molecular formula is C27H29F3N6O4S. The summed E-state index contributed by atoms with van der Waals surface area (Å²) in [5.74, 6) is 0.0819. The van der Waals surface area contributed by atoms with Gasteiger partial charge < -0.3 is 15.4 Å². The van der Waals surface area contributed by atoms with Crippen LogP contribution in [0.3, 0.4) is 0 Å². The number of aromatic nitrogens is 3. The predicted molar refractivity (Wildman–Crippen MR) is 142 cm³/mol. The third kappa shape index (κ3) is 5.79. The summed E-state index contributed by atoms with van der Waals surface area (Å²) >= 11 is 0. The van der Waals surface area contributed by atoms with Crippen molar-refractivity contribution in [3.8, 4) is 5.75 Å². The van der Waals surface area contributed by atoms with Crippen molar-refractivity contribution in [2.24, 2.45) is 0 Å². The third-order valence-corrected chi connectivity index (χ3v) is 8.74. The van der Waals surface area contributed by atoms with Gasteiger partial charge in [0.25, 0.3) is 10.0 Å². The van der Waals surface area contributed by atoms with Crippen molar-refractivity contribution < 1.29 is 31.1 Å². The van der Waals surface area contributed by atoms with Crippen molar-refractivity contribution in [2.75, 3.05) is 7.05 Å². The summed E-state index contributed by atoms with van der Waals surface area (Å²) in [5.41, 5.74) is 0.683. The van der Waals surface area contributed by atoms with Crippen LogP contribution in [0.1, 0.15) is 48.7 Å². The van der Waals surface area contributed by atoms with Crippen LogP contribution in [0.2, 0.25) is 0 Å². The minimum absolute atomic E-state index is 0.158. The number of fused-ring (bicyclic) bond motifs is 1. The van der Waals surface area contributed by atoms with Crippen LogP contribution in [0, 0.1) is 0 Å². The summed E-state index contributed by atoms with van der Waals surface area (Å²) in [6, 6.07) is 7.83. The molecule has 2 aromatic carbocycles. The summed E-state index contributed by atoms with van der Waals surface area (Å²) in [6.45, 7) is 4.62. The van der Waals surface area contributed by atoms with E-state index in [1.165, 1.54) is 0 Å². The summed E-state index contributed by atoms with van der Waals surface area (Å²) in [5, 5.41) is 14.1. The molecule has 2 aliphatic heterocycles. The molecule has 5 rings (SSSR count). The van der Waals surface area contributed by atoms with E-state index in [1.54, 1.807) is 10.9 Å². The number of hydrogen-bond donors (Lipinski definition) is 2. The fourth-order valence-corrected chi connectivity index (χ4v) is 6.55. The molecule has 2 aliphatic rings. The molecule has 41 heavy (non-hydrogen) atoms. The summed E-state index contributed by atoms with van der Waals surface area (Å²) in [7, 11) is -2.66. The number of benzene rings is 2. The van der Waals surface area contributed by atoms with Gasteiger partial charge >= 0.3 is 6.18 Å². The molecule has 2 atom stereocenters. The highest BCUT2D eigenvalue weighted by molar-refractivity contribution is 7.89. The highest BCUT2D eigenvalue weighted by Gasteiger charge is 2.39. The van der Waals surface area contributed by atoms with Crippen LogP contribution in [0.4, 0.5) is 13.2 Å². The van der Waals surface area contributed by atoms with Gasteiger partial charge in [-0.3, -0.25) is 9.10 Å². The molecule has 2 N–H and O–H groups in total. The zero-order valence-electron chi connectivity index (χ0n) is 22.5. The zero-order valence-corrected chi connectivity index (χ0v) is 23.3. The number of halogens is 3. The average molecular weight is 591 g/mol. The molecule has 0 spiro atoms. The third-order valence-electron chi connectivity index (χ3n) is 6.96. The number of hydrogen-bond acceptors (Lipinski definition) is 7. The number of carbonyl (C=O) groups is 1. The molecule has 0 bridgehead atoms. The van der Waals surface area contributed by atoms with Gasteiger partial charge in [-0.15, -0.1) is 5.10 Å². The molecule has 0 fully saturated rings. The first-order valence-corrected chi connectivity index (χ1v) is 14.3. The molecule has 2 unspecified atom stereocenters. The van der Waals surface area contributed by atoms with Gasteiger partial charge in [0, 0.05) is 43.5 Å². The molecule has 1 aromatic heterocycles. The number of alkyl halides is 3. The van der Waals surface area contributed by atoms with Gasteiger partial charge in [-0.2, -0.15) is 13.2 Å². The number of rotatable bonds is 7. The first-order chi connectivity index (χ1) is 19.3. The van der Waals surface area contributed by atoms with Crippen molar-refractivity contribution in [3.05, 3.63) is 83.4 Å². The van der Waals surface area contributed by atoms with Crippen molar-refractivity contribution in [3.63, 3.8) is 0 Å². The Hall–Kier alpha value is -3.91. The Labute approximate surface area is 235 Å². The summed E-state index contributed by atoms with van der Waals surface area (Å²) in [4.78, 5) is 12.2.